The molecule has 0 spiro atoms. The molecule has 0 amide bonds. The van der Waals surface area contributed by atoms with Crippen molar-refractivity contribution in [3.63, 3.8) is 0 Å². The number of aromatic hydroxyl groups is 1. The Kier molecular flexibility index (Phi) is 5.13. The number of aliphatic hydroxyl groups excluding tert-OH is 2. The summed E-state index contributed by atoms with van der Waals surface area (Å²) >= 11 is 0. The van der Waals surface area contributed by atoms with Gasteiger partial charge in [0, 0.05) is 11.5 Å². The number of hydrogen-bond donors (Lipinski definition) is 3. The lowest BCUT2D eigenvalue weighted by molar-refractivity contribution is 0.0149. The van der Waals surface area contributed by atoms with E-state index in [1.165, 1.54) is 18.2 Å². The molecule has 0 heterocycles. The van der Waals surface area contributed by atoms with E-state index < -0.39 is 12.2 Å². The van der Waals surface area contributed by atoms with Gasteiger partial charge in [-0.15, -0.1) is 0 Å². The van der Waals surface area contributed by atoms with E-state index >= 15 is 0 Å². The summed E-state index contributed by atoms with van der Waals surface area (Å²) in [5.74, 6) is -0.260. The number of carbonyl (C=O) groups is 1. The quantitative estimate of drug-likeness (QED) is 0.304. The first-order valence-electron chi connectivity index (χ1n) is 5.25. The van der Waals surface area contributed by atoms with Gasteiger partial charge < -0.3 is 15.3 Å². The molecule has 0 bridgehead atoms. The van der Waals surface area contributed by atoms with Crippen molar-refractivity contribution >= 4 is 6.29 Å². The first-order chi connectivity index (χ1) is 8.60. The minimum Gasteiger partial charge on any atom is -0.507 e. The Balaban J connectivity index is 2.76. The van der Waals surface area contributed by atoms with Crippen molar-refractivity contribution in [1.29, 1.82) is 0 Å². The molecule has 0 aromatic heterocycles. The highest BCUT2D eigenvalue weighted by atomic mass is 16.3. The second-order valence-electron chi connectivity index (χ2n) is 3.69. The van der Waals surface area contributed by atoms with E-state index in [9.17, 15) is 20.1 Å². The minimum absolute atomic E-state index is 0.0626. The van der Waals surface area contributed by atoms with Crippen LogP contribution in [0.25, 0.3) is 10.4 Å². The van der Waals surface area contributed by atoms with Gasteiger partial charge in [0.05, 0.1) is 11.7 Å². The molecule has 18 heavy (non-hydrogen) atoms. The number of azide groups is 1. The first-order valence-corrected chi connectivity index (χ1v) is 5.25. The van der Waals surface area contributed by atoms with Gasteiger partial charge in [-0.3, -0.25) is 4.79 Å². The summed E-state index contributed by atoms with van der Waals surface area (Å²) in [7, 11) is 0. The molecule has 2 unspecified atom stereocenters. The number of rotatable bonds is 6. The maximum Gasteiger partial charge on any atom is 0.153 e. The molecule has 0 fully saturated rings. The Labute approximate surface area is 103 Å². The molecule has 7 nitrogen and oxygen atoms in total. The van der Waals surface area contributed by atoms with Crippen molar-refractivity contribution in [1.82, 2.24) is 0 Å². The van der Waals surface area contributed by atoms with Crippen molar-refractivity contribution < 1.29 is 20.1 Å². The molecule has 3 N–H and O–H groups in total. The SMILES string of the molecule is [N-]=[N+]=NCCC(O)C(O)c1ccc(C=O)c(O)c1. The Morgan fingerprint density at radius 1 is 1.44 bits per heavy atom. The number of aliphatic hydroxyl groups is 2. The molecular formula is C11H13N3O4. The van der Waals surface area contributed by atoms with E-state index in [-0.39, 0.29) is 29.8 Å². The van der Waals surface area contributed by atoms with Gasteiger partial charge in [-0.25, -0.2) is 0 Å². The smallest absolute Gasteiger partial charge is 0.153 e. The molecule has 1 aromatic carbocycles. The van der Waals surface area contributed by atoms with Gasteiger partial charge in [-0.1, -0.05) is 11.2 Å². The second kappa shape index (κ2) is 6.61. The van der Waals surface area contributed by atoms with Crippen LogP contribution in [0.5, 0.6) is 5.75 Å². The average Bonchev–Trinajstić information content (AvgIpc) is 2.38. The van der Waals surface area contributed by atoms with Crippen molar-refractivity contribution in [2.24, 2.45) is 5.11 Å². The van der Waals surface area contributed by atoms with Crippen LogP contribution in [0.4, 0.5) is 0 Å². The van der Waals surface area contributed by atoms with Crippen LogP contribution in [0.1, 0.15) is 28.4 Å². The van der Waals surface area contributed by atoms with E-state index in [0.29, 0.717) is 6.29 Å². The third-order valence-electron chi connectivity index (χ3n) is 2.48. The van der Waals surface area contributed by atoms with Gasteiger partial charge in [-0.2, -0.15) is 0 Å². The number of carbonyl (C=O) groups excluding carboxylic acids is 1. The lowest BCUT2D eigenvalue weighted by atomic mass is 10.0. The number of nitrogens with zero attached hydrogens (tertiary/aromatic N) is 3. The summed E-state index contributed by atoms with van der Waals surface area (Å²) in [5, 5.41) is 32.1. The molecule has 0 aliphatic heterocycles. The molecule has 0 aliphatic carbocycles. The molecule has 1 aromatic rings. The van der Waals surface area contributed by atoms with Crippen LogP contribution in [0, 0.1) is 0 Å². The molecule has 1 rings (SSSR count). The van der Waals surface area contributed by atoms with E-state index in [1.807, 2.05) is 0 Å². The third-order valence-corrected chi connectivity index (χ3v) is 2.48. The fraction of sp³-hybridized carbons (Fsp3) is 0.364. The van der Waals surface area contributed by atoms with Gasteiger partial charge in [-0.05, 0) is 29.6 Å². The van der Waals surface area contributed by atoms with Crippen molar-refractivity contribution in [2.75, 3.05) is 6.54 Å². The van der Waals surface area contributed by atoms with Crippen molar-refractivity contribution in [3.05, 3.63) is 39.8 Å². The Bertz CT molecular complexity index is 471. The molecule has 0 saturated heterocycles. The summed E-state index contributed by atoms with van der Waals surface area (Å²) in [5.41, 5.74) is 8.47. The van der Waals surface area contributed by atoms with Crippen LogP contribution in [0.15, 0.2) is 23.3 Å². The predicted octanol–water partition coefficient (Wildman–Crippen LogP) is 1.30. The summed E-state index contributed by atoms with van der Waals surface area (Å²) < 4.78 is 0. The van der Waals surface area contributed by atoms with E-state index in [0.717, 1.165) is 0 Å². The van der Waals surface area contributed by atoms with Crippen LogP contribution < -0.4 is 0 Å². The summed E-state index contributed by atoms with van der Waals surface area (Å²) in [6.45, 7) is 0.0626. The number of phenolic OH excluding ortho intramolecular Hbond substituents is 1. The standard InChI is InChI=1S/C11H13N3O4/c12-14-13-4-3-9(16)11(18)7-1-2-8(6-15)10(17)5-7/h1-2,5-6,9,11,16-18H,3-4H2. The largest absolute Gasteiger partial charge is 0.507 e. The summed E-state index contributed by atoms with van der Waals surface area (Å²) in [6.07, 6.45) is -1.74. The minimum atomic E-state index is -1.22. The molecule has 0 aliphatic rings. The van der Waals surface area contributed by atoms with Crippen LogP contribution >= 0.6 is 0 Å². The van der Waals surface area contributed by atoms with Crippen LogP contribution in [-0.2, 0) is 0 Å². The highest BCUT2D eigenvalue weighted by Gasteiger charge is 2.18. The van der Waals surface area contributed by atoms with Gasteiger partial charge in [0.15, 0.2) is 6.29 Å². The molecule has 96 valence electrons. The summed E-state index contributed by atoms with van der Waals surface area (Å²) in [6, 6.07) is 4.00. The monoisotopic (exact) mass is 251 g/mol. The normalized spacial score (nSPS) is 13.4. The molecule has 7 heteroatoms. The zero-order chi connectivity index (χ0) is 13.5. The van der Waals surface area contributed by atoms with Crippen LogP contribution in [0.2, 0.25) is 0 Å². The maximum atomic E-state index is 10.5. The molecule has 0 radical (unpaired) electrons. The lowest BCUT2D eigenvalue weighted by Crippen LogP contribution is -2.19. The fourth-order valence-electron chi connectivity index (χ4n) is 1.46. The maximum absolute atomic E-state index is 10.5. The third kappa shape index (κ3) is 3.46. The number of phenols is 1. The van der Waals surface area contributed by atoms with E-state index in [4.69, 9.17) is 5.53 Å². The van der Waals surface area contributed by atoms with Gasteiger partial charge in [0.2, 0.25) is 0 Å². The topological polar surface area (TPSA) is 127 Å². The van der Waals surface area contributed by atoms with Gasteiger partial charge in [0.1, 0.15) is 11.9 Å². The first kappa shape index (κ1) is 14.0. The molecule has 0 saturated carbocycles. The number of benzene rings is 1. The Morgan fingerprint density at radius 2 is 2.17 bits per heavy atom. The van der Waals surface area contributed by atoms with Gasteiger partial charge in [0.25, 0.3) is 0 Å². The zero-order valence-corrected chi connectivity index (χ0v) is 9.47. The highest BCUT2D eigenvalue weighted by molar-refractivity contribution is 5.79. The molecular weight excluding hydrogens is 238 g/mol. The van der Waals surface area contributed by atoms with Gasteiger partial charge >= 0.3 is 0 Å². The zero-order valence-electron chi connectivity index (χ0n) is 9.47. The van der Waals surface area contributed by atoms with E-state index in [1.54, 1.807) is 0 Å². The average molecular weight is 251 g/mol. The Morgan fingerprint density at radius 3 is 2.72 bits per heavy atom. The predicted molar refractivity (Wildman–Crippen MR) is 63.1 cm³/mol. The number of aldehydes is 1. The lowest BCUT2D eigenvalue weighted by Gasteiger charge is -2.17. The van der Waals surface area contributed by atoms with Crippen LogP contribution in [0.3, 0.4) is 0 Å². The number of hydrogen-bond acceptors (Lipinski definition) is 5. The fourth-order valence-corrected chi connectivity index (χ4v) is 1.46. The molecule has 2 atom stereocenters. The second-order valence-corrected chi connectivity index (χ2v) is 3.69. The summed E-state index contributed by atoms with van der Waals surface area (Å²) in [4.78, 5) is 13.0. The van der Waals surface area contributed by atoms with Crippen LogP contribution in [-0.4, -0.2) is 34.3 Å². The van der Waals surface area contributed by atoms with E-state index in [2.05, 4.69) is 10.0 Å². The highest BCUT2D eigenvalue weighted by Crippen LogP contribution is 2.24. The Hall–Kier alpha value is -2.08. The van der Waals surface area contributed by atoms with Crippen molar-refractivity contribution in [2.45, 2.75) is 18.6 Å². The van der Waals surface area contributed by atoms with Crippen molar-refractivity contribution in [3.8, 4) is 5.75 Å².